The number of carbonyl (C=O) groups excluding carboxylic acids is 1. The van der Waals surface area contributed by atoms with Crippen LogP contribution in [0.4, 0.5) is 11.4 Å². The minimum Gasteiger partial charge on any atom is -0.436 e. The predicted octanol–water partition coefficient (Wildman–Crippen LogP) is 0.929. The number of rotatable bonds is 3. The fraction of sp³-hybridized carbons (Fsp3) is 0.0833. The maximum absolute atomic E-state index is 11.5. The van der Waals surface area contributed by atoms with Gasteiger partial charge >= 0.3 is 0 Å². The lowest BCUT2D eigenvalue weighted by atomic mass is 10.1. The fourth-order valence-electron chi connectivity index (χ4n) is 1.49. The van der Waals surface area contributed by atoms with E-state index in [1.54, 1.807) is 6.07 Å². The third kappa shape index (κ3) is 2.54. The van der Waals surface area contributed by atoms with E-state index >= 15 is 0 Å². The molecule has 1 heterocycles. The zero-order valence-electron chi connectivity index (χ0n) is 10.1. The highest BCUT2D eigenvalue weighted by Gasteiger charge is 2.13. The first-order valence-electron chi connectivity index (χ1n) is 5.40. The number of nitrogens with zero attached hydrogens (tertiary/aromatic N) is 1. The van der Waals surface area contributed by atoms with Crippen molar-refractivity contribution < 1.29 is 9.53 Å². The topological polar surface area (TPSA) is 124 Å². The molecule has 2 rings (SSSR count). The van der Waals surface area contributed by atoms with Gasteiger partial charge in [0.1, 0.15) is 5.75 Å². The Hall–Kier alpha value is -2.83. The Kier molecular flexibility index (Phi) is 3.19. The Morgan fingerprint density at radius 1 is 1.37 bits per heavy atom. The van der Waals surface area contributed by atoms with Gasteiger partial charge in [-0.3, -0.25) is 9.59 Å². The number of Topliss-reactive ketones (excluding diaryl/α,β-unsaturated/α-hetero) is 1. The molecule has 0 atom stereocenters. The summed E-state index contributed by atoms with van der Waals surface area (Å²) in [4.78, 5) is 28.9. The van der Waals surface area contributed by atoms with Crippen LogP contribution >= 0.6 is 0 Å². The van der Waals surface area contributed by atoms with Gasteiger partial charge < -0.3 is 21.2 Å². The van der Waals surface area contributed by atoms with Crippen LogP contribution < -0.4 is 21.8 Å². The minimum absolute atomic E-state index is 0.0592. The van der Waals surface area contributed by atoms with E-state index < -0.39 is 5.56 Å². The zero-order chi connectivity index (χ0) is 14.0. The molecule has 19 heavy (non-hydrogen) atoms. The number of aromatic amines is 1. The summed E-state index contributed by atoms with van der Waals surface area (Å²) in [5.74, 6) is -0.0340. The highest BCUT2D eigenvalue weighted by molar-refractivity contribution is 5.97. The van der Waals surface area contributed by atoms with Gasteiger partial charge in [0.2, 0.25) is 5.88 Å². The van der Waals surface area contributed by atoms with Crippen molar-refractivity contribution in [1.82, 2.24) is 9.97 Å². The monoisotopic (exact) mass is 260 g/mol. The number of hydrogen-bond acceptors (Lipinski definition) is 6. The summed E-state index contributed by atoms with van der Waals surface area (Å²) in [7, 11) is 0. The van der Waals surface area contributed by atoms with Gasteiger partial charge in [-0.25, -0.2) is 4.98 Å². The van der Waals surface area contributed by atoms with Crippen molar-refractivity contribution in [3.05, 3.63) is 40.4 Å². The molecule has 0 amide bonds. The van der Waals surface area contributed by atoms with Gasteiger partial charge in [-0.1, -0.05) is 0 Å². The lowest BCUT2D eigenvalue weighted by Crippen LogP contribution is -2.13. The van der Waals surface area contributed by atoms with E-state index in [-0.39, 0.29) is 23.1 Å². The first-order chi connectivity index (χ1) is 8.99. The van der Waals surface area contributed by atoms with Gasteiger partial charge in [0.15, 0.2) is 11.5 Å². The molecule has 0 aliphatic heterocycles. The van der Waals surface area contributed by atoms with Crippen molar-refractivity contribution >= 4 is 17.2 Å². The largest absolute Gasteiger partial charge is 0.436 e. The molecule has 0 saturated carbocycles. The second-order valence-corrected chi connectivity index (χ2v) is 3.86. The number of carbonyl (C=O) groups is 1. The number of ether oxygens (including phenoxy) is 1. The highest BCUT2D eigenvalue weighted by atomic mass is 16.5. The van der Waals surface area contributed by atoms with Crippen LogP contribution in [-0.4, -0.2) is 15.8 Å². The number of benzene rings is 1. The second kappa shape index (κ2) is 4.81. The first kappa shape index (κ1) is 12.6. The van der Waals surface area contributed by atoms with Gasteiger partial charge in [0.25, 0.3) is 5.56 Å². The van der Waals surface area contributed by atoms with E-state index in [4.69, 9.17) is 16.2 Å². The number of aromatic nitrogens is 2. The standard InChI is InChI=1S/C12H12N4O3/c1-6(17)8-4-7(13)2-3-9(8)19-12-10(14)11(18)15-5-16-12/h2-5H,13-14H2,1H3,(H,15,16,18). The average Bonchev–Trinajstić information content (AvgIpc) is 2.36. The molecule has 0 aliphatic rings. The van der Waals surface area contributed by atoms with Gasteiger partial charge in [-0.2, -0.15) is 0 Å². The van der Waals surface area contributed by atoms with Crippen LogP contribution in [0.5, 0.6) is 11.6 Å². The Bertz CT molecular complexity index is 694. The number of nitrogens with two attached hydrogens (primary N) is 2. The molecule has 1 aromatic carbocycles. The quantitative estimate of drug-likeness (QED) is 0.557. The van der Waals surface area contributed by atoms with Gasteiger partial charge in [-0.05, 0) is 25.1 Å². The number of nitrogens with one attached hydrogen (secondary N) is 1. The summed E-state index contributed by atoms with van der Waals surface area (Å²) in [6.07, 6.45) is 1.17. The van der Waals surface area contributed by atoms with E-state index in [0.717, 1.165) is 0 Å². The Morgan fingerprint density at radius 3 is 2.79 bits per heavy atom. The van der Waals surface area contributed by atoms with Gasteiger partial charge in [-0.15, -0.1) is 0 Å². The van der Waals surface area contributed by atoms with Crippen LogP contribution in [0.2, 0.25) is 0 Å². The molecule has 7 heteroatoms. The highest BCUT2D eigenvalue weighted by Crippen LogP contribution is 2.27. The summed E-state index contributed by atoms with van der Waals surface area (Å²) in [5.41, 5.74) is 11.2. The Balaban J connectivity index is 2.46. The third-order valence-corrected chi connectivity index (χ3v) is 2.44. The van der Waals surface area contributed by atoms with E-state index in [0.29, 0.717) is 11.3 Å². The molecule has 0 bridgehead atoms. The number of ketones is 1. The summed E-state index contributed by atoms with van der Waals surface area (Å²) >= 11 is 0. The molecule has 1 aromatic heterocycles. The number of H-pyrrole nitrogens is 1. The van der Waals surface area contributed by atoms with Crippen molar-refractivity contribution in [3.63, 3.8) is 0 Å². The molecule has 98 valence electrons. The molecule has 0 radical (unpaired) electrons. The zero-order valence-corrected chi connectivity index (χ0v) is 10.1. The Labute approximate surface area is 108 Å². The second-order valence-electron chi connectivity index (χ2n) is 3.86. The lowest BCUT2D eigenvalue weighted by Gasteiger charge is -2.10. The van der Waals surface area contributed by atoms with Crippen molar-refractivity contribution in [2.24, 2.45) is 0 Å². The molecule has 2 aromatic rings. The summed E-state index contributed by atoms with van der Waals surface area (Å²) in [6.45, 7) is 1.39. The molecule has 0 aliphatic carbocycles. The smallest absolute Gasteiger partial charge is 0.277 e. The maximum Gasteiger partial charge on any atom is 0.277 e. The summed E-state index contributed by atoms with van der Waals surface area (Å²) in [6, 6.07) is 4.58. The van der Waals surface area contributed by atoms with Crippen molar-refractivity contribution in [2.45, 2.75) is 6.92 Å². The first-order valence-corrected chi connectivity index (χ1v) is 5.40. The molecule has 7 nitrogen and oxygen atoms in total. The molecule has 5 N–H and O–H groups in total. The number of anilines is 2. The minimum atomic E-state index is -0.509. The molecule has 0 fully saturated rings. The van der Waals surface area contributed by atoms with E-state index in [9.17, 15) is 9.59 Å². The summed E-state index contributed by atoms with van der Waals surface area (Å²) in [5, 5.41) is 0. The van der Waals surface area contributed by atoms with Crippen LogP contribution in [0.1, 0.15) is 17.3 Å². The normalized spacial score (nSPS) is 10.2. The SMILES string of the molecule is CC(=O)c1cc(N)ccc1Oc1nc[nH]c(=O)c1N. The van der Waals surface area contributed by atoms with Crippen molar-refractivity contribution in [2.75, 3.05) is 11.5 Å². The third-order valence-electron chi connectivity index (χ3n) is 2.44. The van der Waals surface area contributed by atoms with Crippen LogP contribution in [0.3, 0.4) is 0 Å². The maximum atomic E-state index is 11.5. The van der Waals surface area contributed by atoms with E-state index in [1.807, 2.05) is 0 Å². The lowest BCUT2D eigenvalue weighted by molar-refractivity contribution is 0.101. The van der Waals surface area contributed by atoms with Gasteiger partial charge in [0.05, 0.1) is 11.9 Å². The predicted molar refractivity (Wildman–Crippen MR) is 70.2 cm³/mol. The molecule has 0 spiro atoms. The fourth-order valence-corrected chi connectivity index (χ4v) is 1.49. The van der Waals surface area contributed by atoms with E-state index in [2.05, 4.69) is 9.97 Å². The Morgan fingerprint density at radius 2 is 2.11 bits per heavy atom. The van der Waals surface area contributed by atoms with Crippen LogP contribution in [0.15, 0.2) is 29.3 Å². The van der Waals surface area contributed by atoms with Crippen molar-refractivity contribution in [3.8, 4) is 11.6 Å². The number of nitrogen functional groups attached to an aromatic ring is 2. The van der Waals surface area contributed by atoms with Crippen LogP contribution in [0, 0.1) is 0 Å². The molecule has 0 unspecified atom stereocenters. The average molecular weight is 260 g/mol. The van der Waals surface area contributed by atoms with Crippen molar-refractivity contribution in [1.29, 1.82) is 0 Å². The van der Waals surface area contributed by atoms with E-state index in [1.165, 1.54) is 25.4 Å². The van der Waals surface area contributed by atoms with Crippen LogP contribution in [0.25, 0.3) is 0 Å². The summed E-state index contributed by atoms with van der Waals surface area (Å²) < 4.78 is 5.40. The van der Waals surface area contributed by atoms with Gasteiger partial charge in [0, 0.05) is 5.69 Å². The number of hydrogen-bond donors (Lipinski definition) is 3. The molecular formula is C12H12N4O3. The van der Waals surface area contributed by atoms with Crippen LogP contribution in [-0.2, 0) is 0 Å². The molecule has 0 saturated heterocycles. The molecular weight excluding hydrogens is 248 g/mol.